The van der Waals surface area contributed by atoms with Crippen molar-refractivity contribution in [2.24, 2.45) is 5.10 Å². The molecule has 1 aliphatic rings. The van der Waals surface area contributed by atoms with Gasteiger partial charge in [0, 0.05) is 45.1 Å². The standard InChI is InChI=1S/C28H23Cl2N3O/c1-3-26(34)33-25(18-9-11-20(29)12-10-18)16-24(32-33)27-17(2)31-23-14-13-21(30)15-22(23)28(27)19-7-5-4-6-8-19/h4-15,25H,3,16H2,1-2H3/t25-/m0/s1. The summed E-state index contributed by atoms with van der Waals surface area (Å²) in [5, 5.41) is 8.77. The molecule has 0 aliphatic carbocycles. The molecule has 0 saturated heterocycles. The van der Waals surface area contributed by atoms with E-state index in [1.54, 1.807) is 5.01 Å². The molecule has 34 heavy (non-hydrogen) atoms. The summed E-state index contributed by atoms with van der Waals surface area (Å²) in [6.07, 6.45) is 0.957. The molecule has 0 unspecified atom stereocenters. The topological polar surface area (TPSA) is 45.6 Å². The molecule has 2 heterocycles. The van der Waals surface area contributed by atoms with Crippen LogP contribution < -0.4 is 0 Å². The highest BCUT2D eigenvalue weighted by molar-refractivity contribution is 6.31. The minimum Gasteiger partial charge on any atom is -0.273 e. The van der Waals surface area contributed by atoms with Crippen LogP contribution in [0.5, 0.6) is 0 Å². The molecule has 1 aliphatic heterocycles. The van der Waals surface area contributed by atoms with Crippen LogP contribution in [0.15, 0.2) is 77.9 Å². The number of carbonyl (C=O) groups is 1. The Kier molecular flexibility index (Phi) is 6.11. The Hall–Kier alpha value is -3.21. The van der Waals surface area contributed by atoms with Crippen molar-refractivity contribution in [2.75, 3.05) is 0 Å². The number of fused-ring (bicyclic) bond motifs is 1. The first-order valence-corrected chi connectivity index (χ1v) is 12.0. The van der Waals surface area contributed by atoms with E-state index < -0.39 is 0 Å². The molecule has 0 N–H and O–H groups in total. The average Bonchev–Trinajstić information content (AvgIpc) is 3.29. The number of hydrazone groups is 1. The Morgan fingerprint density at radius 1 is 0.971 bits per heavy atom. The van der Waals surface area contributed by atoms with E-state index in [-0.39, 0.29) is 11.9 Å². The van der Waals surface area contributed by atoms with Gasteiger partial charge in [0.15, 0.2) is 0 Å². The predicted molar refractivity (Wildman–Crippen MR) is 139 cm³/mol. The van der Waals surface area contributed by atoms with Crippen molar-refractivity contribution in [2.45, 2.75) is 32.7 Å². The highest BCUT2D eigenvalue weighted by Gasteiger charge is 2.34. The second-order valence-corrected chi connectivity index (χ2v) is 9.26. The number of pyridine rings is 1. The second kappa shape index (κ2) is 9.21. The maximum absolute atomic E-state index is 12.9. The first kappa shape index (κ1) is 22.6. The molecule has 1 amide bonds. The number of hydrogen-bond acceptors (Lipinski definition) is 3. The quantitative estimate of drug-likeness (QED) is 0.297. The van der Waals surface area contributed by atoms with E-state index in [2.05, 4.69) is 12.1 Å². The molecule has 0 bridgehead atoms. The number of rotatable bonds is 4. The lowest BCUT2D eigenvalue weighted by molar-refractivity contribution is -0.132. The van der Waals surface area contributed by atoms with Crippen molar-refractivity contribution in [1.29, 1.82) is 0 Å². The van der Waals surface area contributed by atoms with Crippen LogP contribution >= 0.6 is 23.2 Å². The Labute approximate surface area is 208 Å². The zero-order valence-electron chi connectivity index (χ0n) is 18.9. The third kappa shape index (κ3) is 4.08. The first-order valence-electron chi connectivity index (χ1n) is 11.3. The van der Waals surface area contributed by atoms with E-state index >= 15 is 0 Å². The van der Waals surface area contributed by atoms with Crippen molar-refractivity contribution in [3.8, 4) is 11.1 Å². The number of aromatic nitrogens is 1. The van der Waals surface area contributed by atoms with Gasteiger partial charge in [-0.3, -0.25) is 9.78 Å². The lowest BCUT2D eigenvalue weighted by Crippen LogP contribution is -2.26. The highest BCUT2D eigenvalue weighted by Crippen LogP contribution is 2.40. The first-order chi connectivity index (χ1) is 16.5. The summed E-state index contributed by atoms with van der Waals surface area (Å²) in [6.45, 7) is 3.86. The number of halogens is 2. The lowest BCUT2D eigenvalue weighted by atomic mass is 9.89. The predicted octanol–water partition coefficient (Wildman–Crippen LogP) is 7.60. The van der Waals surface area contributed by atoms with Crippen LogP contribution in [0, 0.1) is 6.92 Å². The van der Waals surface area contributed by atoms with E-state index in [0.717, 1.165) is 44.6 Å². The Morgan fingerprint density at radius 2 is 1.68 bits per heavy atom. The molecule has 4 nitrogen and oxygen atoms in total. The van der Waals surface area contributed by atoms with Gasteiger partial charge in [0.25, 0.3) is 0 Å². The number of hydrogen-bond donors (Lipinski definition) is 0. The summed E-state index contributed by atoms with van der Waals surface area (Å²) < 4.78 is 0. The van der Waals surface area contributed by atoms with Crippen molar-refractivity contribution >= 4 is 45.7 Å². The van der Waals surface area contributed by atoms with Crippen molar-refractivity contribution < 1.29 is 4.79 Å². The largest absolute Gasteiger partial charge is 0.273 e. The van der Waals surface area contributed by atoms with Crippen LogP contribution in [0.25, 0.3) is 22.0 Å². The van der Waals surface area contributed by atoms with Crippen LogP contribution in [0.2, 0.25) is 10.0 Å². The smallest absolute Gasteiger partial charge is 0.242 e. The van der Waals surface area contributed by atoms with E-state index in [1.807, 2.05) is 74.5 Å². The fourth-order valence-electron chi connectivity index (χ4n) is 4.61. The van der Waals surface area contributed by atoms with E-state index in [9.17, 15) is 4.79 Å². The fraction of sp³-hybridized carbons (Fsp3) is 0.179. The SMILES string of the molecule is CCC(=O)N1N=C(c2c(C)nc3ccc(Cl)cc3c2-c2ccccc2)C[C@H]1c1ccc(Cl)cc1. The van der Waals surface area contributed by atoms with Gasteiger partial charge in [-0.05, 0) is 48.4 Å². The molecule has 0 saturated carbocycles. The summed E-state index contributed by atoms with van der Waals surface area (Å²) in [7, 11) is 0. The minimum atomic E-state index is -0.196. The molecule has 5 rings (SSSR count). The van der Waals surface area contributed by atoms with Gasteiger partial charge in [0.1, 0.15) is 0 Å². The maximum atomic E-state index is 12.9. The van der Waals surface area contributed by atoms with Crippen LogP contribution in [0.1, 0.15) is 42.6 Å². The molecular weight excluding hydrogens is 465 g/mol. The summed E-state index contributed by atoms with van der Waals surface area (Å²) >= 11 is 12.5. The number of nitrogens with zero attached hydrogens (tertiary/aromatic N) is 3. The molecule has 0 fully saturated rings. The Morgan fingerprint density at radius 3 is 2.38 bits per heavy atom. The highest BCUT2D eigenvalue weighted by atomic mass is 35.5. The van der Waals surface area contributed by atoms with Crippen molar-refractivity contribution in [1.82, 2.24) is 9.99 Å². The van der Waals surface area contributed by atoms with Gasteiger partial charge in [0.05, 0.1) is 17.3 Å². The third-order valence-corrected chi connectivity index (χ3v) is 6.69. The number of amides is 1. The van der Waals surface area contributed by atoms with Gasteiger partial charge >= 0.3 is 0 Å². The molecule has 0 spiro atoms. The zero-order chi connectivity index (χ0) is 23.8. The van der Waals surface area contributed by atoms with Crippen molar-refractivity contribution in [3.63, 3.8) is 0 Å². The van der Waals surface area contributed by atoms with Gasteiger partial charge in [0.2, 0.25) is 5.91 Å². The fourth-order valence-corrected chi connectivity index (χ4v) is 4.91. The summed E-state index contributed by atoms with van der Waals surface area (Å²) in [6, 6.07) is 23.4. The maximum Gasteiger partial charge on any atom is 0.242 e. The molecule has 1 aromatic heterocycles. The van der Waals surface area contributed by atoms with Crippen LogP contribution in [-0.2, 0) is 4.79 Å². The number of benzene rings is 3. The second-order valence-electron chi connectivity index (χ2n) is 8.38. The van der Waals surface area contributed by atoms with Gasteiger partial charge in [-0.15, -0.1) is 0 Å². The van der Waals surface area contributed by atoms with E-state index in [1.165, 1.54) is 0 Å². The van der Waals surface area contributed by atoms with Gasteiger partial charge in [-0.2, -0.15) is 5.10 Å². The van der Waals surface area contributed by atoms with Crippen LogP contribution in [0.4, 0.5) is 0 Å². The molecule has 1 atom stereocenters. The molecular formula is C28H23Cl2N3O. The monoisotopic (exact) mass is 487 g/mol. The zero-order valence-corrected chi connectivity index (χ0v) is 20.4. The summed E-state index contributed by atoms with van der Waals surface area (Å²) in [4.78, 5) is 17.8. The van der Waals surface area contributed by atoms with Gasteiger partial charge in [-0.25, -0.2) is 5.01 Å². The Balaban J connectivity index is 1.73. The average molecular weight is 488 g/mol. The Bertz CT molecular complexity index is 1420. The summed E-state index contributed by atoms with van der Waals surface area (Å²) in [5.41, 5.74) is 6.62. The number of carbonyl (C=O) groups excluding carboxylic acids is 1. The third-order valence-electron chi connectivity index (χ3n) is 6.20. The molecule has 4 aromatic rings. The van der Waals surface area contributed by atoms with Crippen molar-refractivity contribution in [3.05, 3.63) is 99.7 Å². The molecule has 6 heteroatoms. The summed E-state index contributed by atoms with van der Waals surface area (Å²) in [5.74, 6) is -0.0225. The van der Waals surface area contributed by atoms with Crippen LogP contribution in [-0.4, -0.2) is 21.6 Å². The van der Waals surface area contributed by atoms with E-state index in [4.69, 9.17) is 33.3 Å². The molecule has 170 valence electrons. The molecule has 3 aromatic carbocycles. The van der Waals surface area contributed by atoms with E-state index in [0.29, 0.717) is 22.9 Å². The van der Waals surface area contributed by atoms with Gasteiger partial charge in [-0.1, -0.05) is 72.6 Å². The van der Waals surface area contributed by atoms with Crippen LogP contribution in [0.3, 0.4) is 0 Å². The normalized spacial score (nSPS) is 15.6. The minimum absolute atomic E-state index is 0.0225. The number of aryl methyl sites for hydroxylation is 1. The lowest BCUT2D eigenvalue weighted by Gasteiger charge is -2.21. The van der Waals surface area contributed by atoms with Gasteiger partial charge < -0.3 is 0 Å². The molecule has 0 radical (unpaired) electrons.